The van der Waals surface area contributed by atoms with Crippen LogP contribution in [-0.2, 0) is 0 Å². The monoisotopic (exact) mass is 311 g/mol. The lowest BCUT2D eigenvalue weighted by molar-refractivity contribution is 0.142. The van der Waals surface area contributed by atoms with Gasteiger partial charge in [-0.2, -0.15) is 0 Å². The maximum Gasteiger partial charge on any atom is 0.0661 e. The Morgan fingerprint density at radius 2 is 2.22 bits per heavy atom. The lowest BCUT2D eigenvalue weighted by atomic mass is 9.75. The highest BCUT2D eigenvalue weighted by molar-refractivity contribution is 9.10. The molecule has 0 bridgehead atoms. The fourth-order valence-corrected chi connectivity index (χ4v) is 3.36. The Bertz CT molecular complexity index is 396. The predicted octanol–water partition coefficient (Wildman–Crippen LogP) is 4.19. The zero-order valence-electron chi connectivity index (χ0n) is 11.0. The quantitative estimate of drug-likeness (QED) is 0.873. The van der Waals surface area contributed by atoms with Crippen LogP contribution in [0.25, 0.3) is 0 Å². The molecule has 0 amide bonds. The third-order valence-electron chi connectivity index (χ3n) is 4.10. The second-order valence-corrected chi connectivity index (χ2v) is 6.27. The van der Waals surface area contributed by atoms with Crippen LogP contribution in [-0.4, -0.2) is 17.3 Å². The first-order valence-corrected chi connectivity index (χ1v) is 7.62. The van der Waals surface area contributed by atoms with Gasteiger partial charge in [-0.3, -0.25) is 0 Å². The number of para-hydroxylation sites is 1. The molecule has 0 saturated heterocycles. The van der Waals surface area contributed by atoms with E-state index in [0.29, 0.717) is 0 Å². The van der Waals surface area contributed by atoms with Crippen molar-refractivity contribution in [1.82, 2.24) is 0 Å². The van der Waals surface area contributed by atoms with Crippen molar-refractivity contribution in [3.63, 3.8) is 0 Å². The zero-order chi connectivity index (χ0) is 13.0. The smallest absolute Gasteiger partial charge is 0.0661 e. The summed E-state index contributed by atoms with van der Waals surface area (Å²) in [5, 5.41) is 13.4. The van der Waals surface area contributed by atoms with Crippen LogP contribution in [0.4, 0.5) is 5.69 Å². The summed E-state index contributed by atoms with van der Waals surface area (Å²) in [6.07, 6.45) is 5.84. The molecule has 1 aliphatic carbocycles. The number of hydrogen-bond donors (Lipinski definition) is 2. The van der Waals surface area contributed by atoms with E-state index < -0.39 is 0 Å². The molecule has 2 atom stereocenters. The molecule has 2 rings (SSSR count). The summed E-state index contributed by atoms with van der Waals surface area (Å²) in [6, 6.07) is 8.14. The zero-order valence-corrected chi connectivity index (χ0v) is 12.5. The van der Waals surface area contributed by atoms with E-state index >= 15 is 0 Å². The summed E-state index contributed by atoms with van der Waals surface area (Å²) >= 11 is 3.56. The van der Waals surface area contributed by atoms with Crippen LogP contribution < -0.4 is 5.32 Å². The van der Waals surface area contributed by atoms with Crippen LogP contribution in [0.2, 0.25) is 0 Å². The normalized spacial score (nSPS) is 28.1. The molecule has 1 aromatic rings. The Morgan fingerprint density at radius 1 is 1.44 bits per heavy atom. The fraction of sp³-hybridized carbons (Fsp3) is 0.600. The Kier molecular flexibility index (Phi) is 4.68. The SMILES string of the molecule is CCC1CCCC(CO)(Nc2ccccc2Br)C1. The van der Waals surface area contributed by atoms with Gasteiger partial charge in [0.05, 0.1) is 12.1 Å². The van der Waals surface area contributed by atoms with Crippen LogP contribution in [0.15, 0.2) is 28.7 Å². The summed E-state index contributed by atoms with van der Waals surface area (Å²) < 4.78 is 1.07. The topological polar surface area (TPSA) is 32.3 Å². The highest BCUT2D eigenvalue weighted by Gasteiger charge is 2.35. The van der Waals surface area contributed by atoms with Gasteiger partial charge in [-0.25, -0.2) is 0 Å². The number of benzene rings is 1. The number of anilines is 1. The first kappa shape index (κ1) is 13.9. The second-order valence-electron chi connectivity index (χ2n) is 5.41. The third kappa shape index (κ3) is 3.07. The lowest BCUT2D eigenvalue weighted by Crippen LogP contribution is -2.46. The van der Waals surface area contributed by atoms with Crippen molar-refractivity contribution in [2.45, 2.75) is 44.6 Å². The van der Waals surface area contributed by atoms with Crippen molar-refractivity contribution >= 4 is 21.6 Å². The van der Waals surface area contributed by atoms with Gasteiger partial charge in [0, 0.05) is 10.2 Å². The molecule has 100 valence electrons. The Labute approximate surface area is 118 Å². The molecule has 2 nitrogen and oxygen atoms in total. The van der Waals surface area contributed by atoms with E-state index in [1.54, 1.807) is 0 Å². The summed E-state index contributed by atoms with van der Waals surface area (Å²) in [5.41, 5.74) is 0.950. The highest BCUT2D eigenvalue weighted by atomic mass is 79.9. The van der Waals surface area contributed by atoms with Crippen molar-refractivity contribution in [1.29, 1.82) is 0 Å². The molecule has 0 aliphatic heterocycles. The van der Waals surface area contributed by atoms with Gasteiger partial charge in [-0.05, 0) is 46.8 Å². The van der Waals surface area contributed by atoms with Crippen LogP contribution in [0, 0.1) is 5.92 Å². The van der Waals surface area contributed by atoms with Crippen molar-refractivity contribution < 1.29 is 5.11 Å². The molecule has 0 radical (unpaired) electrons. The van der Waals surface area contributed by atoms with Crippen LogP contribution in [0.5, 0.6) is 0 Å². The molecular formula is C15H22BrNO. The van der Waals surface area contributed by atoms with Crippen LogP contribution >= 0.6 is 15.9 Å². The Balaban J connectivity index is 2.15. The van der Waals surface area contributed by atoms with Crippen molar-refractivity contribution in [3.8, 4) is 0 Å². The average molecular weight is 312 g/mol. The van der Waals surface area contributed by atoms with E-state index in [0.717, 1.165) is 28.9 Å². The van der Waals surface area contributed by atoms with Crippen molar-refractivity contribution in [2.75, 3.05) is 11.9 Å². The molecule has 1 saturated carbocycles. The van der Waals surface area contributed by atoms with Crippen LogP contribution in [0.1, 0.15) is 39.0 Å². The number of aliphatic hydroxyl groups excluding tert-OH is 1. The second kappa shape index (κ2) is 6.07. The fourth-order valence-electron chi connectivity index (χ4n) is 2.98. The number of halogens is 1. The molecular weight excluding hydrogens is 290 g/mol. The van der Waals surface area contributed by atoms with Gasteiger partial charge in [-0.15, -0.1) is 0 Å². The molecule has 1 fully saturated rings. The number of nitrogens with one attached hydrogen (secondary N) is 1. The van der Waals surface area contributed by atoms with Crippen molar-refractivity contribution in [3.05, 3.63) is 28.7 Å². The average Bonchev–Trinajstić information content (AvgIpc) is 2.42. The molecule has 2 unspecified atom stereocenters. The molecule has 1 aromatic carbocycles. The van der Waals surface area contributed by atoms with E-state index in [9.17, 15) is 5.11 Å². The first-order chi connectivity index (χ1) is 8.69. The van der Waals surface area contributed by atoms with Gasteiger partial charge in [0.2, 0.25) is 0 Å². The van der Waals surface area contributed by atoms with E-state index in [4.69, 9.17) is 0 Å². The van der Waals surface area contributed by atoms with Gasteiger partial charge in [0.25, 0.3) is 0 Å². The summed E-state index contributed by atoms with van der Waals surface area (Å²) in [7, 11) is 0. The predicted molar refractivity (Wildman–Crippen MR) is 79.8 cm³/mol. The van der Waals surface area contributed by atoms with Crippen LogP contribution in [0.3, 0.4) is 0 Å². The van der Waals surface area contributed by atoms with Gasteiger partial charge in [0.15, 0.2) is 0 Å². The van der Waals surface area contributed by atoms with E-state index in [1.165, 1.54) is 19.3 Å². The largest absolute Gasteiger partial charge is 0.394 e. The van der Waals surface area contributed by atoms with Gasteiger partial charge in [-0.1, -0.05) is 38.3 Å². The summed E-state index contributed by atoms with van der Waals surface area (Å²) in [6.45, 7) is 2.46. The standard InChI is InChI=1S/C15H22BrNO/c1-2-12-6-5-9-15(10-12,11-18)17-14-8-4-3-7-13(14)16/h3-4,7-8,12,17-18H,2,5-6,9-11H2,1H3. The Hall–Kier alpha value is -0.540. The third-order valence-corrected chi connectivity index (χ3v) is 4.79. The molecule has 2 N–H and O–H groups in total. The lowest BCUT2D eigenvalue weighted by Gasteiger charge is -2.41. The van der Waals surface area contributed by atoms with Crippen molar-refractivity contribution in [2.24, 2.45) is 5.92 Å². The molecule has 0 aromatic heterocycles. The minimum atomic E-state index is -0.136. The first-order valence-electron chi connectivity index (χ1n) is 6.83. The maximum absolute atomic E-state index is 9.83. The van der Waals surface area contributed by atoms with E-state index in [1.807, 2.05) is 18.2 Å². The van der Waals surface area contributed by atoms with Gasteiger partial charge in [0.1, 0.15) is 0 Å². The highest BCUT2D eigenvalue weighted by Crippen LogP contribution is 2.37. The molecule has 0 spiro atoms. The molecule has 0 heterocycles. The maximum atomic E-state index is 9.83. The summed E-state index contributed by atoms with van der Waals surface area (Å²) in [4.78, 5) is 0. The van der Waals surface area contributed by atoms with Gasteiger partial charge >= 0.3 is 0 Å². The number of hydrogen-bond acceptors (Lipinski definition) is 2. The minimum Gasteiger partial charge on any atom is -0.394 e. The minimum absolute atomic E-state index is 0.136. The Morgan fingerprint density at radius 3 is 2.89 bits per heavy atom. The molecule has 1 aliphatic rings. The number of rotatable bonds is 4. The van der Waals surface area contributed by atoms with E-state index in [-0.39, 0.29) is 12.1 Å². The van der Waals surface area contributed by atoms with E-state index in [2.05, 4.69) is 34.2 Å². The summed E-state index contributed by atoms with van der Waals surface area (Å²) in [5.74, 6) is 0.737. The number of aliphatic hydroxyl groups is 1. The molecule has 18 heavy (non-hydrogen) atoms. The van der Waals surface area contributed by atoms with Gasteiger partial charge < -0.3 is 10.4 Å². The molecule has 3 heteroatoms.